The highest BCUT2D eigenvalue weighted by Crippen LogP contribution is 2.35. The van der Waals surface area contributed by atoms with Crippen molar-refractivity contribution in [2.24, 2.45) is 0 Å². The molecule has 2 aromatic heterocycles. The van der Waals surface area contributed by atoms with E-state index < -0.39 is 0 Å². The summed E-state index contributed by atoms with van der Waals surface area (Å²) >= 11 is 1.45. The second-order valence-electron chi connectivity index (χ2n) is 7.72. The highest BCUT2D eigenvalue weighted by molar-refractivity contribution is 7.19. The van der Waals surface area contributed by atoms with Crippen LogP contribution < -0.4 is 5.56 Å². The first kappa shape index (κ1) is 21.1. The van der Waals surface area contributed by atoms with Crippen LogP contribution in [0.25, 0.3) is 21.3 Å². The maximum atomic E-state index is 13.6. The number of aryl methyl sites for hydroxylation is 4. The second-order valence-corrected chi connectivity index (χ2v) is 8.92. The second kappa shape index (κ2) is 8.19. The monoisotopic (exact) mass is 434 g/mol. The molecule has 6 heteroatoms. The number of nitrogens with zero attached hydrogens (tertiary/aromatic N) is 2. The van der Waals surface area contributed by atoms with Crippen molar-refractivity contribution < 1.29 is 9.18 Å². The van der Waals surface area contributed by atoms with Crippen LogP contribution in [0.3, 0.4) is 0 Å². The molecule has 0 atom stereocenters. The summed E-state index contributed by atoms with van der Waals surface area (Å²) in [7, 11) is 0. The quantitative estimate of drug-likeness (QED) is 0.382. The highest BCUT2D eigenvalue weighted by Gasteiger charge is 2.21. The fourth-order valence-corrected chi connectivity index (χ4v) is 4.84. The zero-order valence-corrected chi connectivity index (χ0v) is 18.8. The van der Waals surface area contributed by atoms with E-state index in [1.165, 1.54) is 28.0 Å². The summed E-state index contributed by atoms with van der Waals surface area (Å²) in [5, 5.41) is 0.485. The molecule has 0 aliphatic carbocycles. The summed E-state index contributed by atoms with van der Waals surface area (Å²) in [5.41, 5.74) is 4.02. The molecule has 2 aromatic carbocycles. The standard InChI is InChI=1S/C25H23FN2O2S/c1-5-21-27-24-23(22(16(4)31-24)17-8-10-19(26)11-9-17)25(30)28(21)13-20(29)18-7-6-14(2)15(3)12-18/h6-12H,5,13H2,1-4H3. The Labute approximate surface area is 184 Å². The molecule has 0 aliphatic heterocycles. The number of carbonyl (C=O) groups is 1. The lowest BCUT2D eigenvalue weighted by atomic mass is 10.0. The molecule has 0 saturated carbocycles. The molecule has 4 rings (SSSR count). The summed E-state index contributed by atoms with van der Waals surface area (Å²) in [6.45, 7) is 7.75. The van der Waals surface area contributed by atoms with Crippen LogP contribution in [0.15, 0.2) is 47.3 Å². The minimum Gasteiger partial charge on any atom is -0.292 e. The third-order valence-electron chi connectivity index (χ3n) is 5.65. The van der Waals surface area contributed by atoms with Gasteiger partial charge in [0.1, 0.15) is 16.5 Å². The van der Waals surface area contributed by atoms with Crippen molar-refractivity contribution in [3.8, 4) is 11.1 Å². The fraction of sp³-hybridized carbons (Fsp3) is 0.240. The number of thiophene rings is 1. The summed E-state index contributed by atoms with van der Waals surface area (Å²) in [6, 6.07) is 11.7. The van der Waals surface area contributed by atoms with Crippen molar-refractivity contribution in [2.75, 3.05) is 0 Å². The van der Waals surface area contributed by atoms with Crippen LogP contribution in [-0.4, -0.2) is 15.3 Å². The zero-order chi connectivity index (χ0) is 22.3. The van der Waals surface area contributed by atoms with Crippen LogP contribution in [0.4, 0.5) is 4.39 Å². The first-order valence-electron chi connectivity index (χ1n) is 10.2. The van der Waals surface area contributed by atoms with Gasteiger partial charge in [-0.15, -0.1) is 11.3 Å². The van der Waals surface area contributed by atoms with Crippen LogP contribution in [0.5, 0.6) is 0 Å². The lowest BCUT2D eigenvalue weighted by Gasteiger charge is -2.12. The van der Waals surface area contributed by atoms with Gasteiger partial charge in [0.15, 0.2) is 5.78 Å². The number of rotatable bonds is 5. The number of hydrogen-bond donors (Lipinski definition) is 0. The Balaban J connectivity index is 1.87. The third kappa shape index (κ3) is 3.83. The molecule has 0 fully saturated rings. The first-order valence-corrected chi connectivity index (χ1v) is 11.0. The number of benzene rings is 2. The molecule has 0 amide bonds. The number of ketones is 1. The minimum atomic E-state index is -0.330. The summed E-state index contributed by atoms with van der Waals surface area (Å²) in [4.78, 5) is 32.9. The highest BCUT2D eigenvalue weighted by atomic mass is 32.1. The molecule has 0 unspecified atom stereocenters. The van der Waals surface area contributed by atoms with Gasteiger partial charge in [-0.25, -0.2) is 9.37 Å². The predicted octanol–water partition coefficient (Wildman–Crippen LogP) is 5.63. The van der Waals surface area contributed by atoms with Gasteiger partial charge in [-0.2, -0.15) is 0 Å². The van der Waals surface area contributed by atoms with E-state index in [1.54, 1.807) is 18.2 Å². The maximum Gasteiger partial charge on any atom is 0.263 e. The van der Waals surface area contributed by atoms with Crippen LogP contribution in [0.2, 0.25) is 0 Å². The Morgan fingerprint density at radius 1 is 1.06 bits per heavy atom. The molecule has 158 valence electrons. The number of aromatic nitrogens is 2. The lowest BCUT2D eigenvalue weighted by Crippen LogP contribution is -2.28. The van der Waals surface area contributed by atoms with Gasteiger partial charge in [0, 0.05) is 22.4 Å². The molecule has 4 aromatic rings. The van der Waals surface area contributed by atoms with E-state index in [2.05, 4.69) is 0 Å². The van der Waals surface area contributed by atoms with Gasteiger partial charge in [0.05, 0.1) is 11.9 Å². The Kier molecular flexibility index (Phi) is 5.58. The topological polar surface area (TPSA) is 52.0 Å². The maximum absolute atomic E-state index is 13.6. The Morgan fingerprint density at radius 2 is 1.77 bits per heavy atom. The van der Waals surface area contributed by atoms with Crippen molar-refractivity contribution in [3.05, 3.63) is 86.0 Å². The van der Waals surface area contributed by atoms with E-state index in [0.29, 0.717) is 28.0 Å². The molecule has 0 saturated heterocycles. The van der Waals surface area contributed by atoms with E-state index in [0.717, 1.165) is 27.1 Å². The minimum absolute atomic E-state index is 0.0643. The first-order chi connectivity index (χ1) is 14.8. The van der Waals surface area contributed by atoms with Crippen molar-refractivity contribution in [1.29, 1.82) is 0 Å². The van der Waals surface area contributed by atoms with Crippen molar-refractivity contribution in [3.63, 3.8) is 0 Å². The van der Waals surface area contributed by atoms with Crippen LogP contribution in [0, 0.1) is 26.6 Å². The van der Waals surface area contributed by atoms with Crippen LogP contribution in [-0.2, 0) is 13.0 Å². The van der Waals surface area contributed by atoms with Gasteiger partial charge < -0.3 is 0 Å². The fourth-order valence-electron chi connectivity index (χ4n) is 3.78. The normalized spacial score (nSPS) is 11.3. The average Bonchev–Trinajstić information content (AvgIpc) is 3.08. The molecule has 31 heavy (non-hydrogen) atoms. The number of hydrogen-bond acceptors (Lipinski definition) is 4. The van der Waals surface area contributed by atoms with Crippen LogP contribution in [0.1, 0.15) is 39.1 Å². The van der Waals surface area contributed by atoms with E-state index in [4.69, 9.17) is 4.98 Å². The summed E-state index contributed by atoms with van der Waals surface area (Å²) in [5.74, 6) is 0.127. The number of halogens is 1. The zero-order valence-electron chi connectivity index (χ0n) is 18.0. The van der Waals surface area contributed by atoms with Gasteiger partial charge in [0.25, 0.3) is 5.56 Å². The molecule has 0 bridgehead atoms. The van der Waals surface area contributed by atoms with Gasteiger partial charge in [-0.1, -0.05) is 31.2 Å². The van der Waals surface area contributed by atoms with Gasteiger partial charge in [-0.05, 0) is 55.7 Å². The summed E-state index contributed by atoms with van der Waals surface area (Å²) in [6.07, 6.45) is 0.536. The Morgan fingerprint density at radius 3 is 2.42 bits per heavy atom. The van der Waals surface area contributed by atoms with Crippen molar-refractivity contribution in [2.45, 2.75) is 40.7 Å². The van der Waals surface area contributed by atoms with Gasteiger partial charge >= 0.3 is 0 Å². The van der Waals surface area contributed by atoms with Crippen LogP contribution >= 0.6 is 11.3 Å². The molecule has 0 aliphatic rings. The molecule has 0 N–H and O–H groups in total. The molecular weight excluding hydrogens is 411 g/mol. The summed E-state index contributed by atoms with van der Waals surface area (Å²) < 4.78 is 14.9. The number of carbonyl (C=O) groups excluding carboxylic acids is 1. The van der Waals surface area contributed by atoms with Crippen molar-refractivity contribution >= 4 is 27.3 Å². The Hall–Kier alpha value is -3.12. The molecule has 2 heterocycles. The largest absolute Gasteiger partial charge is 0.292 e. The Bertz CT molecular complexity index is 1370. The average molecular weight is 435 g/mol. The lowest BCUT2D eigenvalue weighted by molar-refractivity contribution is 0.0969. The smallest absolute Gasteiger partial charge is 0.263 e. The van der Waals surface area contributed by atoms with Gasteiger partial charge in [0.2, 0.25) is 0 Å². The number of fused-ring (bicyclic) bond motifs is 1. The molecular formula is C25H23FN2O2S. The third-order valence-corrected chi connectivity index (χ3v) is 6.65. The van der Waals surface area contributed by atoms with E-state index in [9.17, 15) is 14.0 Å². The predicted molar refractivity (Wildman–Crippen MR) is 124 cm³/mol. The number of Topliss-reactive ketones (excluding diaryl/α,β-unsaturated/α-hetero) is 1. The molecule has 4 nitrogen and oxygen atoms in total. The molecule has 0 radical (unpaired) electrons. The van der Waals surface area contributed by atoms with Gasteiger partial charge in [-0.3, -0.25) is 14.2 Å². The van der Waals surface area contributed by atoms with E-state index in [1.807, 2.05) is 39.8 Å². The van der Waals surface area contributed by atoms with Crippen molar-refractivity contribution in [1.82, 2.24) is 9.55 Å². The van der Waals surface area contributed by atoms with E-state index >= 15 is 0 Å². The SMILES string of the molecule is CCc1nc2sc(C)c(-c3ccc(F)cc3)c2c(=O)n1CC(=O)c1ccc(C)c(C)c1. The molecule has 0 spiro atoms. The van der Waals surface area contributed by atoms with E-state index in [-0.39, 0.29) is 23.7 Å².